The van der Waals surface area contributed by atoms with Gasteiger partial charge in [-0.15, -0.1) is 0 Å². The summed E-state index contributed by atoms with van der Waals surface area (Å²) in [5.74, 6) is -0.433. The summed E-state index contributed by atoms with van der Waals surface area (Å²) in [7, 11) is 1.35. The van der Waals surface area contributed by atoms with Gasteiger partial charge in [0.2, 0.25) is 0 Å². The van der Waals surface area contributed by atoms with Crippen molar-refractivity contribution in [2.45, 2.75) is 0 Å². The number of ether oxygens (including phenoxy) is 1. The van der Waals surface area contributed by atoms with E-state index < -0.39 is 5.97 Å². The third-order valence-electron chi connectivity index (χ3n) is 4.57. The van der Waals surface area contributed by atoms with Crippen molar-refractivity contribution in [1.29, 1.82) is 0 Å². The van der Waals surface area contributed by atoms with Crippen molar-refractivity contribution in [2.24, 2.45) is 0 Å². The highest BCUT2D eigenvalue weighted by Crippen LogP contribution is 2.35. The number of benzene rings is 3. The molecular weight excluding hydrogens is 338 g/mol. The molecule has 0 bridgehead atoms. The summed E-state index contributed by atoms with van der Waals surface area (Å²) in [5.41, 5.74) is 3.67. The van der Waals surface area contributed by atoms with Crippen LogP contribution in [0, 0.1) is 0 Å². The monoisotopic (exact) mass is 355 g/mol. The van der Waals surface area contributed by atoms with Gasteiger partial charge in [0.25, 0.3) is 5.56 Å². The number of carbonyl (C=O) groups is 1. The molecule has 4 rings (SSSR count). The summed E-state index contributed by atoms with van der Waals surface area (Å²) in [6, 6.07) is 24.5. The molecule has 0 aliphatic heterocycles. The molecule has 0 atom stereocenters. The second-order valence-corrected chi connectivity index (χ2v) is 6.19. The van der Waals surface area contributed by atoms with Crippen LogP contribution in [-0.4, -0.2) is 18.1 Å². The number of carbonyl (C=O) groups excluding carboxylic acids is 1. The Kier molecular flexibility index (Phi) is 4.30. The van der Waals surface area contributed by atoms with Crippen molar-refractivity contribution in [1.82, 2.24) is 4.98 Å². The molecule has 0 saturated heterocycles. The predicted octanol–water partition coefficient (Wildman–Crippen LogP) is 4.65. The lowest BCUT2D eigenvalue weighted by Crippen LogP contribution is -2.10. The van der Waals surface area contributed by atoms with Crippen LogP contribution in [0.15, 0.2) is 83.7 Å². The number of pyridine rings is 1. The number of H-pyrrole nitrogens is 1. The van der Waals surface area contributed by atoms with Crippen LogP contribution in [0.25, 0.3) is 33.2 Å². The quantitative estimate of drug-likeness (QED) is 0.544. The smallest absolute Gasteiger partial charge is 0.337 e. The minimum Gasteiger partial charge on any atom is -0.465 e. The molecule has 1 heterocycles. The SMILES string of the molecule is COC(=O)c1ccc2c(=O)[nH]c(-c3ccccc3)c(-c3ccccc3)c2c1. The Hall–Kier alpha value is -3.66. The molecule has 3 aromatic carbocycles. The minimum absolute atomic E-state index is 0.194. The maximum atomic E-state index is 12.7. The molecular formula is C23H17NO3. The van der Waals surface area contributed by atoms with E-state index in [0.717, 1.165) is 22.4 Å². The first-order valence-corrected chi connectivity index (χ1v) is 8.58. The van der Waals surface area contributed by atoms with Crippen LogP contribution >= 0.6 is 0 Å². The Balaban J connectivity index is 2.14. The van der Waals surface area contributed by atoms with Crippen LogP contribution in [0.3, 0.4) is 0 Å². The lowest BCUT2D eigenvalue weighted by atomic mass is 9.93. The third kappa shape index (κ3) is 3.02. The lowest BCUT2D eigenvalue weighted by molar-refractivity contribution is 0.0601. The minimum atomic E-state index is -0.433. The van der Waals surface area contributed by atoms with Crippen molar-refractivity contribution < 1.29 is 9.53 Å². The highest BCUT2D eigenvalue weighted by Gasteiger charge is 2.17. The topological polar surface area (TPSA) is 59.2 Å². The third-order valence-corrected chi connectivity index (χ3v) is 4.57. The van der Waals surface area contributed by atoms with Gasteiger partial charge in [0.1, 0.15) is 0 Å². The summed E-state index contributed by atoms with van der Waals surface area (Å²) < 4.78 is 4.85. The molecule has 0 aliphatic rings. The molecule has 132 valence electrons. The van der Waals surface area contributed by atoms with E-state index in [0.29, 0.717) is 16.3 Å². The molecule has 0 saturated carbocycles. The number of aromatic amines is 1. The van der Waals surface area contributed by atoms with E-state index in [9.17, 15) is 9.59 Å². The van der Waals surface area contributed by atoms with Crippen LogP contribution in [0.2, 0.25) is 0 Å². The summed E-state index contributed by atoms with van der Waals surface area (Å²) in [4.78, 5) is 27.8. The van der Waals surface area contributed by atoms with E-state index in [-0.39, 0.29) is 5.56 Å². The number of hydrogen-bond donors (Lipinski definition) is 1. The van der Waals surface area contributed by atoms with Crippen LogP contribution in [0.5, 0.6) is 0 Å². The fourth-order valence-corrected chi connectivity index (χ4v) is 3.30. The standard InChI is InChI=1S/C23H17NO3/c1-27-23(26)17-12-13-18-19(14-17)20(15-8-4-2-5-9-15)21(24-22(18)25)16-10-6-3-7-11-16/h2-14H,1H3,(H,24,25). The van der Waals surface area contributed by atoms with Crippen molar-refractivity contribution in [3.63, 3.8) is 0 Å². The molecule has 0 amide bonds. The maximum Gasteiger partial charge on any atom is 0.337 e. The van der Waals surface area contributed by atoms with Crippen molar-refractivity contribution >= 4 is 16.7 Å². The molecule has 0 fully saturated rings. The summed E-state index contributed by atoms with van der Waals surface area (Å²) in [6.07, 6.45) is 0. The van der Waals surface area contributed by atoms with Crippen molar-refractivity contribution in [3.8, 4) is 22.4 Å². The van der Waals surface area contributed by atoms with Gasteiger partial charge in [-0.3, -0.25) is 4.79 Å². The van der Waals surface area contributed by atoms with E-state index in [1.54, 1.807) is 18.2 Å². The second kappa shape index (κ2) is 6.92. The predicted molar refractivity (Wildman–Crippen MR) is 107 cm³/mol. The van der Waals surface area contributed by atoms with Crippen molar-refractivity contribution in [3.05, 3.63) is 94.8 Å². The average Bonchev–Trinajstić information content (AvgIpc) is 2.74. The first kappa shape index (κ1) is 16.8. The first-order valence-electron chi connectivity index (χ1n) is 8.58. The Morgan fingerprint density at radius 1 is 0.815 bits per heavy atom. The van der Waals surface area contributed by atoms with Gasteiger partial charge in [0.05, 0.1) is 18.4 Å². The van der Waals surface area contributed by atoms with E-state index in [2.05, 4.69) is 4.98 Å². The Bertz CT molecular complexity index is 1180. The fourth-order valence-electron chi connectivity index (χ4n) is 3.30. The normalized spacial score (nSPS) is 10.7. The number of hydrogen-bond acceptors (Lipinski definition) is 3. The van der Waals surface area contributed by atoms with Crippen LogP contribution in [-0.2, 0) is 4.74 Å². The van der Waals surface area contributed by atoms with Crippen LogP contribution < -0.4 is 5.56 Å². The van der Waals surface area contributed by atoms with E-state index >= 15 is 0 Å². The van der Waals surface area contributed by atoms with Gasteiger partial charge in [-0.2, -0.15) is 0 Å². The Morgan fingerprint density at radius 3 is 2.07 bits per heavy atom. The number of rotatable bonds is 3. The van der Waals surface area contributed by atoms with Gasteiger partial charge in [-0.25, -0.2) is 4.79 Å². The Labute approximate surface area is 156 Å². The molecule has 4 heteroatoms. The molecule has 4 aromatic rings. The van der Waals surface area contributed by atoms with E-state index in [1.807, 2.05) is 60.7 Å². The highest BCUT2D eigenvalue weighted by molar-refractivity contribution is 6.05. The zero-order valence-electron chi connectivity index (χ0n) is 14.7. The Morgan fingerprint density at radius 2 is 1.44 bits per heavy atom. The zero-order chi connectivity index (χ0) is 18.8. The second-order valence-electron chi connectivity index (χ2n) is 6.19. The molecule has 1 N–H and O–H groups in total. The number of methoxy groups -OCH3 is 1. The van der Waals surface area contributed by atoms with E-state index in [1.165, 1.54) is 7.11 Å². The van der Waals surface area contributed by atoms with Crippen LogP contribution in [0.4, 0.5) is 0 Å². The van der Waals surface area contributed by atoms with Gasteiger partial charge in [0.15, 0.2) is 0 Å². The number of aromatic nitrogens is 1. The lowest BCUT2D eigenvalue weighted by Gasteiger charge is -2.14. The molecule has 0 radical (unpaired) electrons. The summed E-state index contributed by atoms with van der Waals surface area (Å²) in [6.45, 7) is 0. The zero-order valence-corrected chi connectivity index (χ0v) is 14.7. The highest BCUT2D eigenvalue weighted by atomic mass is 16.5. The molecule has 1 aromatic heterocycles. The van der Waals surface area contributed by atoms with E-state index in [4.69, 9.17) is 4.74 Å². The number of fused-ring (bicyclic) bond motifs is 1. The molecule has 0 aliphatic carbocycles. The summed E-state index contributed by atoms with van der Waals surface area (Å²) in [5, 5.41) is 1.24. The summed E-state index contributed by atoms with van der Waals surface area (Å²) >= 11 is 0. The molecule has 0 unspecified atom stereocenters. The first-order chi connectivity index (χ1) is 13.2. The molecule has 0 spiro atoms. The van der Waals surface area contributed by atoms with Crippen LogP contribution in [0.1, 0.15) is 10.4 Å². The largest absolute Gasteiger partial charge is 0.465 e. The van der Waals surface area contributed by atoms with Gasteiger partial charge in [0, 0.05) is 10.9 Å². The van der Waals surface area contributed by atoms with Crippen molar-refractivity contribution in [2.75, 3.05) is 7.11 Å². The molecule has 27 heavy (non-hydrogen) atoms. The van der Waals surface area contributed by atoms with Gasteiger partial charge in [-0.1, -0.05) is 60.7 Å². The van der Waals surface area contributed by atoms with Gasteiger partial charge in [-0.05, 0) is 34.7 Å². The maximum absolute atomic E-state index is 12.7. The van der Waals surface area contributed by atoms with Gasteiger partial charge < -0.3 is 9.72 Å². The number of nitrogens with one attached hydrogen (secondary N) is 1. The molecule has 4 nitrogen and oxygen atoms in total. The fraction of sp³-hybridized carbons (Fsp3) is 0.0435. The average molecular weight is 355 g/mol. The number of esters is 1. The van der Waals surface area contributed by atoms with Gasteiger partial charge >= 0.3 is 5.97 Å².